The summed E-state index contributed by atoms with van der Waals surface area (Å²) in [6.45, 7) is 5.99. The van der Waals surface area contributed by atoms with Crippen LogP contribution >= 0.6 is 0 Å². The number of unbranched alkanes of at least 4 members (excludes halogenated alkanes) is 2. The van der Waals surface area contributed by atoms with E-state index in [4.69, 9.17) is 14.2 Å². The van der Waals surface area contributed by atoms with Gasteiger partial charge in [-0.25, -0.2) is 0 Å². The summed E-state index contributed by atoms with van der Waals surface area (Å²) in [5.74, 6) is 2.06. The number of carbonyl (C=O) groups is 1. The van der Waals surface area contributed by atoms with E-state index in [-0.39, 0.29) is 5.91 Å². The average molecular weight is 386 g/mol. The fourth-order valence-corrected chi connectivity index (χ4v) is 2.68. The molecule has 0 saturated carbocycles. The quantitative estimate of drug-likeness (QED) is 0.523. The Kier molecular flexibility index (Phi) is 9.19. The molecule has 5 heteroatoms. The maximum atomic E-state index is 12.4. The van der Waals surface area contributed by atoms with E-state index in [1.807, 2.05) is 30.3 Å². The third kappa shape index (κ3) is 6.80. The normalized spacial score (nSPS) is 10.4. The zero-order valence-corrected chi connectivity index (χ0v) is 17.1. The molecule has 0 radical (unpaired) electrons. The van der Waals surface area contributed by atoms with Gasteiger partial charge in [-0.05, 0) is 54.8 Å². The Labute approximate surface area is 168 Å². The number of methoxy groups -OCH3 is 1. The molecule has 0 spiro atoms. The molecule has 0 atom stereocenters. The molecule has 152 valence electrons. The number of hydrogen-bond acceptors (Lipinski definition) is 4. The van der Waals surface area contributed by atoms with E-state index >= 15 is 0 Å². The third-order valence-electron chi connectivity index (χ3n) is 4.28. The molecule has 0 aliphatic rings. The third-order valence-corrected chi connectivity index (χ3v) is 4.28. The molecule has 0 aliphatic heterocycles. The molecule has 28 heavy (non-hydrogen) atoms. The molecule has 1 amide bonds. The molecule has 0 aliphatic carbocycles. The van der Waals surface area contributed by atoms with Crippen LogP contribution in [0.25, 0.3) is 0 Å². The summed E-state index contributed by atoms with van der Waals surface area (Å²) in [5, 5.41) is 2.93. The van der Waals surface area contributed by atoms with E-state index in [1.165, 1.54) is 6.42 Å². The number of nitrogens with one attached hydrogen (secondary N) is 1. The Morgan fingerprint density at radius 2 is 1.68 bits per heavy atom. The van der Waals surface area contributed by atoms with E-state index in [1.54, 1.807) is 19.2 Å². The van der Waals surface area contributed by atoms with Crippen molar-refractivity contribution in [1.82, 2.24) is 5.32 Å². The van der Waals surface area contributed by atoms with Crippen LogP contribution in [0.3, 0.4) is 0 Å². The van der Waals surface area contributed by atoms with Gasteiger partial charge in [0.2, 0.25) is 0 Å². The van der Waals surface area contributed by atoms with Gasteiger partial charge < -0.3 is 19.5 Å². The Morgan fingerprint density at radius 1 is 0.893 bits per heavy atom. The number of carbonyl (C=O) groups excluding carboxylic acids is 1. The highest BCUT2D eigenvalue weighted by Crippen LogP contribution is 2.28. The van der Waals surface area contributed by atoms with Crippen LogP contribution in [0.1, 0.15) is 55.5 Å². The minimum Gasteiger partial charge on any atom is -0.494 e. The van der Waals surface area contributed by atoms with Crippen molar-refractivity contribution in [2.24, 2.45) is 0 Å². The molecular weight excluding hydrogens is 354 g/mol. The first-order chi connectivity index (χ1) is 13.7. The van der Waals surface area contributed by atoms with Crippen molar-refractivity contribution >= 4 is 5.91 Å². The maximum absolute atomic E-state index is 12.4. The highest BCUT2D eigenvalue weighted by Gasteiger charge is 2.09. The predicted molar refractivity (Wildman–Crippen MR) is 111 cm³/mol. The Balaban J connectivity index is 1.87. The Bertz CT molecular complexity index is 728. The van der Waals surface area contributed by atoms with Gasteiger partial charge in [0.25, 0.3) is 5.91 Å². The lowest BCUT2D eigenvalue weighted by atomic mass is 10.1. The van der Waals surface area contributed by atoms with Gasteiger partial charge in [-0.2, -0.15) is 0 Å². The van der Waals surface area contributed by atoms with Gasteiger partial charge in [-0.1, -0.05) is 32.8 Å². The summed E-state index contributed by atoms with van der Waals surface area (Å²) >= 11 is 0. The number of rotatable bonds is 12. The van der Waals surface area contributed by atoms with Crippen molar-refractivity contribution < 1.29 is 19.0 Å². The van der Waals surface area contributed by atoms with E-state index in [0.717, 1.165) is 30.6 Å². The second kappa shape index (κ2) is 11.9. The molecule has 0 bridgehead atoms. The minimum atomic E-state index is -0.122. The van der Waals surface area contributed by atoms with Crippen LogP contribution in [0.5, 0.6) is 17.2 Å². The molecular formula is C23H31NO4. The zero-order valence-electron chi connectivity index (χ0n) is 17.1. The molecule has 2 rings (SSSR count). The van der Waals surface area contributed by atoms with Crippen molar-refractivity contribution in [2.75, 3.05) is 20.3 Å². The van der Waals surface area contributed by atoms with Crippen LogP contribution in [0.2, 0.25) is 0 Å². The topological polar surface area (TPSA) is 56.8 Å². The van der Waals surface area contributed by atoms with Gasteiger partial charge in [0.15, 0.2) is 11.5 Å². The summed E-state index contributed by atoms with van der Waals surface area (Å²) in [5.41, 5.74) is 1.56. The van der Waals surface area contributed by atoms with Crippen LogP contribution in [0.4, 0.5) is 0 Å². The fourth-order valence-electron chi connectivity index (χ4n) is 2.68. The highest BCUT2D eigenvalue weighted by atomic mass is 16.5. The number of benzene rings is 2. The summed E-state index contributed by atoms with van der Waals surface area (Å²) in [7, 11) is 1.61. The van der Waals surface area contributed by atoms with Crippen LogP contribution < -0.4 is 19.5 Å². The van der Waals surface area contributed by atoms with E-state index in [2.05, 4.69) is 19.2 Å². The molecule has 0 heterocycles. The summed E-state index contributed by atoms with van der Waals surface area (Å²) in [6.07, 6.45) is 4.31. The van der Waals surface area contributed by atoms with Crippen molar-refractivity contribution in [1.29, 1.82) is 0 Å². The predicted octanol–water partition coefficient (Wildman–Crippen LogP) is 4.98. The first-order valence-electron chi connectivity index (χ1n) is 9.98. The second-order valence-corrected chi connectivity index (χ2v) is 6.60. The highest BCUT2D eigenvalue weighted by molar-refractivity contribution is 5.94. The summed E-state index contributed by atoms with van der Waals surface area (Å²) in [6, 6.07) is 12.9. The van der Waals surface area contributed by atoms with Crippen LogP contribution in [0.15, 0.2) is 42.5 Å². The molecule has 0 saturated heterocycles. The molecule has 5 nitrogen and oxygen atoms in total. The van der Waals surface area contributed by atoms with Gasteiger partial charge in [0.1, 0.15) is 5.75 Å². The monoisotopic (exact) mass is 385 g/mol. The Hall–Kier alpha value is -2.69. The van der Waals surface area contributed by atoms with Crippen molar-refractivity contribution in [3.05, 3.63) is 53.6 Å². The SMILES string of the molecule is CCCCCOc1ccc(C(=O)NCc2ccc(OCCC)c(OC)c2)cc1. The van der Waals surface area contributed by atoms with E-state index < -0.39 is 0 Å². The lowest BCUT2D eigenvalue weighted by Gasteiger charge is -2.12. The number of hydrogen-bond donors (Lipinski definition) is 1. The van der Waals surface area contributed by atoms with Crippen LogP contribution in [0, 0.1) is 0 Å². The number of ether oxygens (including phenoxy) is 3. The Morgan fingerprint density at radius 3 is 2.36 bits per heavy atom. The fraction of sp³-hybridized carbons (Fsp3) is 0.435. The second-order valence-electron chi connectivity index (χ2n) is 6.60. The molecule has 0 aromatic heterocycles. The smallest absolute Gasteiger partial charge is 0.251 e. The van der Waals surface area contributed by atoms with Crippen LogP contribution in [-0.2, 0) is 6.54 Å². The van der Waals surface area contributed by atoms with Gasteiger partial charge in [0, 0.05) is 12.1 Å². The van der Waals surface area contributed by atoms with Crippen molar-refractivity contribution in [3.8, 4) is 17.2 Å². The average Bonchev–Trinajstić information content (AvgIpc) is 2.74. The maximum Gasteiger partial charge on any atom is 0.251 e. The minimum absolute atomic E-state index is 0.122. The van der Waals surface area contributed by atoms with Gasteiger partial charge in [-0.3, -0.25) is 4.79 Å². The lowest BCUT2D eigenvalue weighted by Crippen LogP contribution is -2.22. The largest absolute Gasteiger partial charge is 0.494 e. The molecule has 1 N–H and O–H groups in total. The standard InChI is InChI=1S/C23H31NO4/c1-4-6-7-15-27-20-11-9-19(10-12-20)23(25)24-17-18-8-13-21(28-14-5-2)22(16-18)26-3/h8-13,16H,4-7,14-15,17H2,1-3H3,(H,24,25). The first-order valence-corrected chi connectivity index (χ1v) is 9.98. The summed E-state index contributed by atoms with van der Waals surface area (Å²) in [4.78, 5) is 12.4. The molecule has 0 fully saturated rings. The molecule has 2 aromatic carbocycles. The van der Waals surface area contributed by atoms with E-state index in [0.29, 0.717) is 36.8 Å². The van der Waals surface area contributed by atoms with E-state index in [9.17, 15) is 4.79 Å². The van der Waals surface area contributed by atoms with Gasteiger partial charge >= 0.3 is 0 Å². The number of amides is 1. The first kappa shape index (κ1) is 21.6. The lowest BCUT2D eigenvalue weighted by molar-refractivity contribution is 0.0951. The molecule has 0 unspecified atom stereocenters. The van der Waals surface area contributed by atoms with Crippen molar-refractivity contribution in [2.45, 2.75) is 46.1 Å². The zero-order chi connectivity index (χ0) is 20.2. The van der Waals surface area contributed by atoms with Crippen molar-refractivity contribution in [3.63, 3.8) is 0 Å². The van der Waals surface area contributed by atoms with Crippen LogP contribution in [-0.4, -0.2) is 26.2 Å². The summed E-state index contributed by atoms with van der Waals surface area (Å²) < 4.78 is 16.7. The van der Waals surface area contributed by atoms with Gasteiger partial charge in [-0.15, -0.1) is 0 Å². The van der Waals surface area contributed by atoms with Gasteiger partial charge in [0.05, 0.1) is 20.3 Å². The molecule has 2 aromatic rings.